The maximum absolute atomic E-state index is 12.1. The SMILES string of the molecule is CCNC(=NCC(NC(=O)OC(C)(C)C)C(C)C)NC1CCN(C(C)C)CC1.I. The second-order valence-corrected chi connectivity index (χ2v) is 9.26. The van der Waals surface area contributed by atoms with Crippen LogP contribution in [0.2, 0.25) is 0 Å². The lowest BCUT2D eigenvalue weighted by Crippen LogP contribution is -2.50. The quantitative estimate of drug-likeness (QED) is 0.269. The Morgan fingerprint density at radius 1 is 1.17 bits per heavy atom. The Hall–Kier alpha value is -0.770. The summed E-state index contributed by atoms with van der Waals surface area (Å²) in [6.07, 6.45) is 1.85. The molecule has 0 aliphatic carbocycles. The lowest BCUT2D eigenvalue weighted by Gasteiger charge is -2.35. The monoisotopic (exact) mass is 525 g/mol. The lowest BCUT2D eigenvalue weighted by molar-refractivity contribution is 0.0493. The highest BCUT2D eigenvalue weighted by Crippen LogP contribution is 2.13. The summed E-state index contributed by atoms with van der Waals surface area (Å²) in [4.78, 5) is 19.4. The van der Waals surface area contributed by atoms with Crippen LogP contribution in [-0.2, 0) is 4.74 Å². The van der Waals surface area contributed by atoms with Gasteiger partial charge in [-0.05, 0) is 60.3 Å². The molecular weight excluding hydrogens is 481 g/mol. The summed E-state index contributed by atoms with van der Waals surface area (Å²) in [5.74, 6) is 1.08. The van der Waals surface area contributed by atoms with Gasteiger partial charge in [0, 0.05) is 31.7 Å². The zero-order valence-electron chi connectivity index (χ0n) is 19.7. The molecule has 172 valence electrons. The Morgan fingerprint density at radius 3 is 2.21 bits per heavy atom. The van der Waals surface area contributed by atoms with E-state index < -0.39 is 5.60 Å². The largest absolute Gasteiger partial charge is 0.444 e. The van der Waals surface area contributed by atoms with Gasteiger partial charge in [-0.1, -0.05) is 13.8 Å². The molecule has 0 bridgehead atoms. The van der Waals surface area contributed by atoms with Crippen molar-refractivity contribution < 1.29 is 9.53 Å². The molecule has 0 spiro atoms. The molecule has 1 unspecified atom stereocenters. The Morgan fingerprint density at radius 2 is 1.76 bits per heavy atom. The van der Waals surface area contributed by atoms with Gasteiger partial charge < -0.3 is 25.6 Å². The summed E-state index contributed by atoms with van der Waals surface area (Å²) in [5.41, 5.74) is -0.504. The van der Waals surface area contributed by atoms with Crippen LogP contribution in [0.5, 0.6) is 0 Å². The van der Waals surface area contributed by atoms with Gasteiger partial charge in [-0.3, -0.25) is 4.99 Å². The molecule has 7 nitrogen and oxygen atoms in total. The number of rotatable bonds is 7. The highest BCUT2D eigenvalue weighted by atomic mass is 127. The molecule has 0 saturated carbocycles. The minimum atomic E-state index is -0.504. The molecule has 0 aromatic carbocycles. The molecule has 1 rings (SSSR count). The van der Waals surface area contributed by atoms with Crippen LogP contribution in [0.4, 0.5) is 4.79 Å². The number of halogens is 1. The number of carbonyl (C=O) groups is 1. The van der Waals surface area contributed by atoms with Gasteiger partial charge in [0.1, 0.15) is 5.60 Å². The van der Waals surface area contributed by atoms with Crippen LogP contribution in [0, 0.1) is 5.92 Å². The van der Waals surface area contributed by atoms with Crippen LogP contribution in [0.25, 0.3) is 0 Å². The molecule has 0 aromatic rings. The van der Waals surface area contributed by atoms with E-state index in [4.69, 9.17) is 9.73 Å². The van der Waals surface area contributed by atoms with Crippen LogP contribution in [0.15, 0.2) is 4.99 Å². The first kappa shape index (κ1) is 28.2. The minimum Gasteiger partial charge on any atom is -0.444 e. The van der Waals surface area contributed by atoms with Gasteiger partial charge in [0.2, 0.25) is 0 Å². The van der Waals surface area contributed by atoms with E-state index in [0.29, 0.717) is 18.6 Å². The molecule has 1 amide bonds. The summed E-state index contributed by atoms with van der Waals surface area (Å²) < 4.78 is 5.39. The van der Waals surface area contributed by atoms with Crippen LogP contribution in [0.1, 0.15) is 68.2 Å². The first-order valence-electron chi connectivity index (χ1n) is 10.8. The Balaban J connectivity index is 0.00000784. The highest BCUT2D eigenvalue weighted by Gasteiger charge is 2.23. The standard InChI is InChI=1S/C21H43N5O2.HI/c1-9-22-19(24-17-10-12-26(13-11-17)16(4)5)23-14-18(15(2)3)25-20(27)28-21(6,7)8;/h15-18H,9-14H2,1-8H3,(H,25,27)(H2,22,23,24);1H. The molecule has 1 saturated heterocycles. The van der Waals surface area contributed by atoms with E-state index >= 15 is 0 Å². The van der Waals surface area contributed by atoms with Crippen molar-refractivity contribution in [2.45, 2.75) is 92.0 Å². The maximum atomic E-state index is 12.1. The van der Waals surface area contributed by atoms with Gasteiger partial charge in [-0.25, -0.2) is 4.79 Å². The molecule has 1 aliphatic rings. The van der Waals surface area contributed by atoms with Gasteiger partial charge in [0.05, 0.1) is 12.6 Å². The Kier molecular flexibility index (Phi) is 13.2. The van der Waals surface area contributed by atoms with E-state index in [1.165, 1.54) is 0 Å². The second kappa shape index (κ2) is 13.5. The average Bonchev–Trinajstić information content (AvgIpc) is 2.57. The van der Waals surface area contributed by atoms with Gasteiger partial charge in [-0.15, -0.1) is 24.0 Å². The number of ether oxygens (including phenoxy) is 1. The van der Waals surface area contributed by atoms with E-state index in [0.717, 1.165) is 38.4 Å². The Bertz CT molecular complexity index is 498. The third-order valence-electron chi connectivity index (χ3n) is 4.90. The van der Waals surface area contributed by atoms with Crippen molar-refractivity contribution >= 4 is 36.0 Å². The van der Waals surface area contributed by atoms with E-state index in [1.54, 1.807) is 0 Å². The number of guanidine groups is 1. The summed E-state index contributed by atoms with van der Waals surface area (Å²) in [6, 6.07) is 0.964. The molecule has 8 heteroatoms. The summed E-state index contributed by atoms with van der Waals surface area (Å²) >= 11 is 0. The molecule has 29 heavy (non-hydrogen) atoms. The molecule has 1 heterocycles. The second-order valence-electron chi connectivity index (χ2n) is 9.26. The fourth-order valence-electron chi connectivity index (χ4n) is 3.15. The van der Waals surface area contributed by atoms with Gasteiger partial charge in [0.15, 0.2) is 5.96 Å². The highest BCUT2D eigenvalue weighted by molar-refractivity contribution is 14.0. The topological polar surface area (TPSA) is 78.0 Å². The van der Waals surface area contributed by atoms with Gasteiger partial charge in [-0.2, -0.15) is 0 Å². The third kappa shape index (κ3) is 11.9. The predicted octanol–water partition coefficient (Wildman–Crippen LogP) is 3.58. The average molecular weight is 526 g/mol. The van der Waals surface area contributed by atoms with E-state index in [9.17, 15) is 4.79 Å². The van der Waals surface area contributed by atoms with Crippen LogP contribution in [0.3, 0.4) is 0 Å². The summed E-state index contributed by atoms with van der Waals surface area (Å²) in [7, 11) is 0. The smallest absolute Gasteiger partial charge is 0.407 e. The first-order valence-corrected chi connectivity index (χ1v) is 10.8. The van der Waals surface area contributed by atoms with E-state index in [-0.39, 0.29) is 42.0 Å². The summed E-state index contributed by atoms with van der Waals surface area (Å²) in [6.45, 7) is 19.9. The van der Waals surface area contributed by atoms with Crippen molar-refractivity contribution in [1.82, 2.24) is 20.9 Å². The Labute approximate surface area is 195 Å². The number of alkyl carbamates (subject to hydrolysis) is 1. The third-order valence-corrected chi connectivity index (χ3v) is 4.90. The number of aliphatic imine (C=N–C) groups is 1. The van der Waals surface area contributed by atoms with Crippen LogP contribution < -0.4 is 16.0 Å². The van der Waals surface area contributed by atoms with Gasteiger partial charge >= 0.3 is 6.09 Å². The molecule has 1 aliphatic heterocycles. The van der Waals surface area contributed by atoms with Crippen LogP contribution in [-0.4, -0.2) is 66.9 Å². The number of nitrogens with zero attached hydrogens (tertiary/aromatic N) is 2. The van der Waals surface area contributed by atoms with Crippen molar-refractivity contribution in [3.05, 3.63) is 0 Å². The number of amides is 1. The molecule has 3 N–H and O–H groups in total. The number of hydrogen-bond donors (Lipinski definition) is 3. The van der Waals surface area contributed by atoms with Crippen LogP contribution >= 0.6 is 24.0 Å². The van der Waals surface area contributed by atoms with Crippen molar-refractivity contribution in [3.63, 3.8) is 0 Å². The number of likely N-dealkylation sites (tertiary alicyclic amines) is 1. The molecule has 1 fully saturated rings. The van der Waals surface area contributed by atoms with E-state index in [1.807, 2.05) is 20.8 Å². The number of nitrogens with one attached hydrogen (secondary N) is 3. The fourth-order valence-corrected chi connectivity index (χ4v) is 3.15. The number of hydrogen-bond acceptors (Lipinski definition) is 4. The number of carbonyl (C=O) groups excluding carboxylic acids is 1. The van der Waals surface area contributed by atoms with Crippen molar-refractivity contribution in [3.8, 4) is 0 Å². The summed E-state index contributed by atoms with van der Waals surface area (Å²) in [5, 5.41) is 9.86. The van der Waals surface area contributed by atoms with Gasteiger partial charge in [0.25, 0.3) is 0 Å². The van der Waals surface area contributed by atoms with E-state index in [2.05, 4.69) is 55.5 Å². The molecule has 1 atom stereocenters. The number of piperidine rings is 1. The molecule has 0 radical (unpaired) electrons. The fraction of sp³-hybridized carbons (Fsp3) is 0.905. The first-order chi connectivity index (χ1) is 13.0. The lowest BCUT2D eigenvalue weighted by atomic mass is 10.0. The zero-order chi connectivity index (χ0) is 21.3. The van der Waals surface area contributed by atoms with Crippen molar-refractivity contribution in [1.29, 1.82) is 0 Å². The predicted molar refractivity (Wildman–Crippen MR) is 132 cm³/mol. The zero-order valence-corrected chi connectivity index (χ0v) is 22.0. The van der Waals surface area contributed by atoms with Crippen molar-refractivity contribution in [2.75, 3.05) is 26.2 Å². The normalized spacial score (nSPS) is 17.7. The molecular formula is C21H44IN5O2. The minimum absolute atomic E-state index is 0. The van der Waals surface area contributed by atoms with Crippen molar-refractivity contribution in [2.24, 2.45) is 10.9 Å². The maximum Gasteiger partial charge on any atom is 0.407 e. The molecule has 0 aromatic heterocycles.